The number of aryl methyl sites for hydroxylation is 1. The molecule has 172 valence electrons. The van der Waals surface area contributed by atoms with Crippen LogP contribution in [-0.2, 0) is 6.42 Å². The summed E-state index contributed by atoms with van der Waals surface area (Å²) in [6, 6.07) is 20.0. The van der Waals surface area contributed by atoms with E-state index >= 15 is 0 Å². The van der Waals surface area contributed by atoms with Gasteiger partial charge in [-0.15, -0.1) is 0 Å². The molecule has 0 aliphatic carbocycles. The van der Waals surface area contributed by atoms with E-state index in [9.17, 15) is 9.59 Å². The third-order valence-corrected chi connectivity index (χ3v) is 7.34. The molecule has 0 aliphatic rings. The second kappa shape index (κ2) is 11.5. The number of ether oxygens (including phenoxy) is 4. The maximum absolute atomic E-state index is 13.9. The van der Waals surface area contributed by atoms with E-state index in [1.807, 2.05) is 30.3 Å². The Bertz CT molecular complexity index is 1000. The molecule has 3 aromatic carbocycles. The number of rotatable bonds is 11. The van der Waals surface area contributed by atoms with Crippen LogP contribution in [0, 0.1) is 0 Å². The van der Waals surface area contributed by atoms with Crippen molar-refractivity contribution >= 4 is 19.0 Å². The molecule has 0 N–H and O–H groups in total. The third-order valence-electron chi connectivity index (χ3n) is 5.24. The highest BCUT2D eigenvalue weighted by molar-refractivity contribution is 7.90. The lowest BCUT2D eigenvalue weighted by atomic mass is 10.2. The van der Waals surface area contributed by atoms with Crippen molar-refractivity contribution in [1.29, 1.82) is 0 Å². The fourth-order valence-corrected chi connectivity index (χ4v) is 5.63. The predicted octanol–water partition coefficient (Wildman–Crippen LogP) is 5.43. The summed E-state index contributed by atoms with van der Waals surface area (Å²) in [7, 11) is 4.11. The van der Waals surface area contributed by atoms with Gasteiger partial charge in [-0.05, 0) is 42.4 Å². The van der Waals surface area contributed by atoms with Crippen LogP contribution >= 0.6 is 7.92 Å². The van der Waals surface area contributed by atoms with Crippen molar-refractivity contribution in [1.82, 2.24) is 0 Å². The number of carbonyl (C=O) groups is 2. The zero-order valence-corrected chi connectivity index (χ0v) is 20.1. The first-order chi connectivity index (χ1) is 16.0. The maximum Gasteiger partial charge on any atom is 0.199 e. The normalized spacial score (nSPS) is 10.6. The van der Waals surface area contributed by atoms with E-state index in [2.05, 4.69) is 0 Å². The quantitative estimate of drug-likeness (QED) is 0.351. The average molecular weight is 466 g/mol. The molecule has 33 heavy (non-hydrogen) atoms. The molecule has 0 bridgehead atoms. The van der Waals surface area contributed by atoms with Crippen LogP contribution in [0.4, 0.5) is 0 Å². The Hall–Kier alpha value is -3.37. The standard InChI is InChI=1S/C26H27O6P/c1-29-19-12-8-13-20(30-2)23(19)25(27)33(17-16-18-10-6-5-7-11-18)26(28)24-21(31-3)14-9-15-22(24)32-4/h5-15H,16-17H2,1-4H3. The highest BCUT2D eigenvalue weighted by Gasteiger charge is 2.35. The van der Waals surface area contributed by atoms with Crippen LogP contribution in [0.15, 0.2) is 66.7 Å². The van der Waals surface area contributed by atoms with Gasteiger partial charge in [0.1, 0.15) is 34.1 Å². The number of hydrogen-bond acceptors (Lipinski definition) is 6. The summed E-state index contributed by atoms with van der Waals surface area (Å²) in [5.41, 5.74) is 0.957. The maximum atomic E-state index is 13.9. The number of hydrogen-bond donors (Lipinski definition) is 0. The molecule has 0 fully saturated rings. The monoisotopic (exact) mass is 466 g/mol. The van der Waals surface area contributed by atoms with Crippen molar-refractivity contribution < 1.29 is 28.5 Å². The van der Waals surface area contributed by atoms with Gasteiger partial charge in [0.05, 0.1) is 28.4 Å². The van der Waals surface area contributed by atoms with Gasteiger partial charge in [0, 0.05) is 7.92 Å². The minimum Gasteiger partial charge on any atom is -0.496 e. The summed E-state index contributed by atoms with van der Waals surface area (Å²) < 4.78 is 21.8. The van der Waals surface area contributed by atoms with E-state index in [4.69, 9.17) is 18.9 Å². The van der Waals surface area contributed by atoms with Gasteiger partial charge in [-0.2, -0.15) is 0 Å². The molecule has 0 amide bonds. The lowest BCUT2D eigenvalue weighted by molar-refractivity contribution is 0.104. The molecule has 0 aromatic heterocycles. The summed E-state index contributed by atoms with van der Waals surface area (Å²) in [5, 5.41) is 0. The highest BCUT2D eigenvalue weighted by Crippen LogP contribution is 2.50. The zero-order chi connectivity index (χ0) is 23.8. The fourth-order valence-electron chi connectivity index (χ4n) is 3.57. The van der Waals surface area contributed by atoms with Gasteiger partial charge in [-0.25, -0.2) is 0 Å². The van der Waals surface area contributed by atoms with Crippen LogP contribution < -0.4 is 18.9 Å². The van der Waals surface area contributed by atoms with E-state index in [0.717, 1.165) is 5.56 Å². The first-order valence-corrected chi connectivity index (χ1v) is 11.9. The van der Waals surface area contributed by atoms with Crippen LogP contribution in [-0.4, -0.2) is 45.6 Å². The zero-order valence-electron chi connectivity index (χ0n) is 19.2. The summed E-state index contributed by atoms with van der Waals surface area (Å²) in [4.78, 5) is 27.8. The van der Waals surface area contributed by atoms with Crippen LogP contribution in [0.25, 0.3) is 0 Å². The second-order valence-electron chi connectivity index (χ2n) is 7.07. The predicted molar refractivity (Wildman–Crippen MR) is 130 cm³/mol. The van der Waals surface area contributed by atoms with Gasteiger partial charge in [0.25, 0.3) is 0 Å². The van der Waals surface area contributed by atoms with Crippen LogP contribution in [0.5, 0.6) is 23.0 Å². The van der Waals surface area contributed by atoms with E-state index in [-0.39, 0.29) is 22.2 Å². The van der Waals surface area contributed by atoms with Gasteiger partial charge in [0.15, 0.2) is 11.0 Å². The molecule has 6 nitrogen and oxygen atoms in total. The molecular weight excluding hydrogens is 439 g/mol. The molecule has 3 rings (SSSR count). The van der Waals surface area contributed by atoms with Crippen molar-refractivity contribution in [2.24, 2.45) is 0 Å². The fraction of sp³-hybridized carbons (Fsp3) is 0.231. The van der Waals surface area contributed by atoms with Crippen molar-refractivity contribution in [3.63, 3.8) is 0 Å². The molecule has 0 spiro atoms. The SMILES string of the molecule is COc1cccc(OC)c1C(=O)P(CCc1ccccc1)C(=O)c1c(OC)cccc1OC. The van der Waals surface area contributed by atoms with Crippen molar-refractivity contribution in [2.75, 3.05) is 34.6 Å². The Morgan fingerprint density at radius 2 is 1.00 bits per heavy atom. The first kappa shape index (κ1) is 24.3. The van der Waals surface area contributed by atoms with Crippen LogP contribution in [0.2, 0.25) is 0 Å². The number of carbonyl (C=O) groups excluding carboxylic acids is 2. The third kappa shape index (κ3) is 5.35. The summed E-state index contributed by atoms with van der Waals surface area (Å²) in [6.45, 7) is 0. The molecule has 0 saturated carbocycles. The first-order valence-electron chi connectivity index (χ1n) is 10.4. The molecule has 3 aromatic rings. The summed E-state index contributed by atoms with van der Waals surface area (Å²) >= 11 is 0. The van der Waals surface area contributed by atoms with Crippen LogP contribution in [0.3, 0.4) is 0 Å². The highest BCUT2D eigenvalue weighted by atomic mass is 31.1. The molecule has 0 saturated heterocycles. The minimum atomic E-state index is -1.84. The Balaban J connectivity index is 2.10. The lowest BCUT2D eigenvalue weighted by Gasteiger charge is -2.20. The van der Waals surface area contributed by atoms with Gasteiger partial charge >= 0.3 is 0 Å². The molecule has 0 aliphatic heterocycles. The van der Waals surface area contributed by atoms with Gasteiger partial charge < -0.3 is 18.9 Å². The summed E-state index contributed by atoms with van der Waals surface area (Å²) in [5.74, 6) is 1.47. The van der Waals surface area contributed by atoms with E-state index in [1.54, 1.807) is 36.4 Å². The number of methoxy groups -OCH3 is 4. The molecule has 0 unspecified atom stereocenters. The smallest absolute Gasteiger partial charge is 0.199 e. The van der Waals surface area contributed by atoms with Crippen molar-refractivity contribution in [3.05, 3.63) is 83.4 Å². The number of benzene rings is 3. The molecular formula is C26H27O6P. The van der Waals surface area contributed by atoms with E-state index in [0.29, 0.717) is 35.6 Å². The van der Waals surface area contributed by atoms with Gasteiger partial charge in [-0.3, -0.25) is 9.59 Å². The average Bonchev–Trinajstić information content (AvgIpc) is 2.87. The Morgan fingerprint density at radius 3 is 1.36 bits per heavy atom. The lowest BCUT2D eigenvalue weighted by Crippen LogP contribution is -2.14. The minimum absolute atomic E-state index is 0.267. The Kier molecular flexibility index (Phi) is 8.45. The van der Waals surface area contributed by atoms with Crippen molar-refractivity contribution in [3.8, 4) is 23.0 Å². The van der Waals surface area contributed by atoms with E-state index in [1.165, 1.54) is 28.4 Å². The largest absolute Gasteiger partial charge is 0.496 e. The molecule has 0 atom stereocenters. The Morgan fingerprint density at radius 1 is 0.606 bits per heavy atom. The van der Waals surface area contributed by atoms with E-state index < -0.39 is 7.92 Å². The topological polar surface area (TPSA) is 71.1 Å². The molecule has 7 heteroatoms. The van der Waals surface area contributed by atoms with Crippen LogP contribution in [0.1, 0.15) is 26.3 Å². The summed E-state index contributed by atoms with van der Waals surface area (Å²) in [6.07, 6.45) is 0.929. The van der Waals surface area contributed by atoms with Gasteiger partial charge in [-0.1, -0.05) is 42.5 Å². The van der Waals surface area contributed by atoms with Crippen molar-refractivity contribution in [2.45, 2.75) is 6.42 Å². The second-order valence-corrected chi connectivity index (χ2v) is 9.19. The van der Waals surface area contributed by atoms with Gasteiger partial charge in [0.2, 0.25) is 0 Å². The molecule has 0 heterocycles. The molecule has 0 radical (unpaired) electrons. The Labute approximate surface area is 195 Å².